The molecule has 0 bridgehead atoms. The quantitative estimate of drug-likeness (QED) is 0.441. The van der Waals surface area contributed by atoms with E-state index < -0.39 is 47.1 Å². The van der Waals surface area contributed by atoms with E-state index in [1.54, 1.807) is 58.9 Å². The van der Waals surface area contributed by atoms with Gasteiger partial charge >= 0.3 is 5.97 Å². The maximum Gasteiger partial charge on any atom is 0.328 e. The van der Waals surface area contributed by atoms with Gasteiger partial charge in [-0.1, -0.05) is 37.6 Å². The number of primary amides is 1. The number of ether oxygens (including phenoxy) is 1. The summed E-state index contributed by atoms with van der Waals surface area (Å²) in [4.78, 5) is 49.6. The van der Waals surface area contributed by atoms with Crippen LogP contribution in [0.4, 0.5) is 0 Å². The van der Waals surface area contributed by atoms with Gasteiger partial charge in [-0.3, -0.25) is 14.4 Å². The van der Waals surface area contributed by atoms with Crippen LogP contribution in [-0.4, -0.2) is 42.4 Å². The van der Waals surface area contributed by atoms with E-state index in [2.05, 4.69) is 5.32 Å². The lowest BCUT2D eigenvalue weighted by molar-refractivity contribution is -0.148. The molecule has 8 nitrogen and oxygen atoms in total. The second-order valence-electron chi connectivity index (χ2n) is 8.07. The molecule has 0 aliphatic heterocycles. The molecule has 0 aliphatic rings. The van der Waals surface area contributed by atoms with Crippen LogP contribution < -0.4 is 16.4 Å². The summed E-state index contributed by atoms with van der Waals surface area (Å²) < 4.78 is 13.4. The van der Waals surface area contributed by atoms with Crippen LogP contribution >= 0.6 is 11.6 Å². The summed E-state index contributed by atoms with van der Waals surface area (Å²) in [5.41, 5.74) is 4.69. The number of carbonyl (C=O) groups is 4. The van der Waals surface area contributed by atoms with Gasteiger partial charge in [0.15, 0.2) is 1.41 Å². The molecule has 0 unspecified atom stereocenters. The molecule has 0 fully saturated rings. The van der Waals surface area contributed by atoms with Crippen molar-refractivity contribution in [1.29, 1.82) is 0 Å². The first kappa shape index (κ1) is 24.7. The van der Waals surface area contributed by atoms with Crippen molar-refractivity contribution in [2.75, 3.05) is 6.61 Å². The van der Waals surface area contributed by atoms with Gasteiger partial charge in [-0.05, 0) is 50.8 Å². The Hall–Kier alpha value is -2.61. The van der Waals surface area contributed by atoms with Crippen molar-refractivity contribution in [3.63, 3.8) is 0 Å². The Bertz CT molecular complexity index is 829. The van der Waals surface area contributed by atoms with E-state index in [4.69, 9.17) is 23.5 Å². The lowest BCUT2D eigenvalue weighted by Crippen LogP contribution is -2.56. The Kier molecular flexibility index (Phi) is 9.30. The number of nitrogens with two attached hydrogens (primary N) is 1. The number of halogens is 1. The summed E-state index contributed by atoms with van der Waals surface area (Å²) in [7, 11) is 0. The molecule has 4 N–H and O–H groups in total. The zero-order chi connectivity index (χ0) is 24.6. The molecule has 1 rings (SSSR count). The Balaban J connectivity index is 3.11. The number of esters is 1. The second-order valence-corrected chi connectivity index (χ2v) is 8.51. The van der Waals surface area contributed by atoms with Crippen molar-refractivity contribution in [3.8, 4) is 0 Å². The summed E-state index contributed by atoms with van der Waals surface area (Å²) in [5.74, 6) is -3.07. The van der Waals surface area contributed by atoms with Gasteiger partial charge in [0.05, 0.1) is 12.0 Å². The van der Waals surface area contributed by atoms with E-state index in [1.165, 1.54) is 0 Å². The number of nitrogens with one attached hydrogen (secondary N) is 2. The van der Waals surface area contributed by atoms with Gasteiger partial charge in [0.2, 0.25) is 17.7 Å². The van der Waals surface area contributed by atoms with E-state index in [0.29, 0.717) is 15.9 Å². The normalized spacial score (nSPS) is 13.7. The highest BCUT2D eigenvalue weighted by Gasteiger charge is 2.35. The highest BCUT2D eigenvalue weighted by Crippen LogP contribution is 2.25. The van der Waals surface area contributed by atoms with Gasteiger partial charge < -0.3 is 21.1 Å². The highest BCUT2D eigenvalue weighted by molar-refractivity contribution is 6.30. The third-order valence-corrected chi connectivity index (χ3v) is 5.08. The van der Waals surface area contributed by atoms with E-state index in [-0.39, 0.29) is 19.4 Å². The lowest BCUT2D eigenvalue weighted by Gasteiger charge is -2.30. The molecule has 0 aromatic heterocycles. The van der Waals surface area contributed by atoms with Crippen LogP contribution in [0.25, 0.3) is 0 Å². The van der Waals surface area contributed by atoms with Gasteiger partial charge in [0, 0.05) is 11.4 Å². The SMILES string of the molecule is [2H]N(C(=O)C(C)(C)c1ccc(Cl)cc1)[C@H](C(=O)N[C@@H](CCC(N)=O)C(=O)OCC)C(C)C. The zero-order valence-corrected chi connectivity index (χ0v) is 19.4. The lowest BCUT2D eigenvalue weighted by atomic mass is 9.83. The predicted octanol–water partition coefficient (Wildman–Crippen LogP) is 2.07. The van der Waals surface area contributed by atoms with Crippen LogP contribution in [-0.2, 0) is 29.3 Å². The summed E-state index contributed by atoms with van der Waals surface area (Å²) in [6, 6.07) is 4.38. The number of carbonyl (C=O) groups excluding carboxylic acids is 4. The molecule has 0 radical (unpaired) electrons. The van der Waals surface area contributed by atoms with Crippen LogP contribution in [0.5, 0.6) is 0 Å². The van der Waals surface area contributed by atoms with Gasteiger partial charge in [-0.2, -0.15) is 0 Å². The van der Waals surface area contributed by atoms with Crippen molar-refractivity contribution < 1.29 is 25.3 Å². The first-order valence-corrected chi connectivity index (χ1v) is 10.5. The average molecular weight is 455 g/mol. The molecule has 0 heterocycles. The Morgan fingerprint density at radius 3 is 2.26 bits per heavy atom. The summed E-state index contributed by atoms with van der Waals surface area (Å²) in [6.45, 7) is 8.40. The molecule has 0 aliphatic carbocycles. The molecule has 2 atom stereocenters. The fraction of sp³-hybridized carbons (Fsp3) is 0.545. The van der Waals surface area contributed by atoms with E-state index >= 15 is 0 Å². The fourth-order valence-electron chi connectivity index (χ4n) is 2.82. The standard InChI is InChI=1S/C22H32ClN3O5/c1-6-31-20(29)16(11-12-17(24)27)25-19(28)18(13(2)3)26-21(30)22(4,5)14-7-9-15(23)10-8-14/h7-10,13,16,18H,6,11-12H2,1-5H3,(H2,24,27)(H,25,28)(H,26,30)/t16-,18-/m0/s1/i/hD. The zero-order valence-electron chi connectivity index (χ0n) is 19.6. The molecule has 31 heavy (non-hydrogen) atoms. The maximum atomic E-state index is 13.2. The molecule has 0 spiro atoms. The van der Waals surface area contributed by atoms with Gasteiger partial charge in [0.1, 0.15) is 12.1 Å². The Morgan fingerprint density at radius 1 is 1.19 bits per heavy atom. The van der Waals surface area contributed by atoms with Crippen molar-refractivity contribution in [1.82, 2.24) is 10.6 Å². The minimum atomic E-state index is -1.18. The minimum Gasteiger partial charge on any atom is -0.464 e. The van der Waals surface area contributed by atoms with E-state index in [1.807, 2.05) is 0 Å². The van der Waals surface area contributed by atoms with Crippen LogP contribution in [0.1, 0.15) is 53.0 Å². The Labute approximate surface area is 189 Å². The molecule has 0 saturated carbocycles. The number of rotatable bonds is 11. The smallest absolute Gasteiger partial charge is 0.328 e. The van der Waals surface area contributed by atoms with Crippen LogP contribution in [0.15, 0.2) is 24.3 Å². The summed E-state index contributed by atoms with van der Waals surface area (Å²) in [6.07, 6.45) is -0.184. The molecule has 172 valence electrons. The summed E-state index contributed by atoms with van der Waals surface area (Å²) >= 11 is 5.93. The van der Waals surface area contributed by atoms with Gasteiger partial charge in [0.25, 0.3) is 0 Å². The monoisotopic (exact) mass is 454 g/mol. The number of amides is 3. The predicted molar refractivity (Wildman–Crippen MR) is 118 cm³/mol. The van der Waals surface area contributed by atoms with Crippen molar-refractivity contribution in [3.05, 3.63) is 34.9 Å². The van der Waals surface area contributed by atoms with E-state index in [9.17, 15) is 19.2 Å². The molecule has 3 amide bonds. The first-order valence-electron chi connectivity index (χ1n) is 10.6. The van der Waals surface area contributed by atoms with E-state index in [0.717, 1.165) is 0 Å². The molecule has 0 saturated heterocycles. The van der Waals surface area contributed by atoms with Crippen molar-refractivity contribution >= 4 is 35.3 Å². The largest absolute Gasteiger partial charge is 0.464 e. The third kappa shape index (κ3) is 7.86. The minimum absolute atomic E-state index is 0.0487. The molecular weight excluding hydrogens is 422 g/mol. The van der Waals surface area contributed by atoms with Crippen LogP contribution in [0, 0.1) is 5.92 Å². The number of hydrogen-bond acceptors (Lipinski definition) is 5. The van der Waals surface area contributed by atoms with Crippen LogP contribution in [0.2, 0.25) is 6.43 Å². The van der Waals surface area contributed by atoms with Crippen molar-refractivity contribution in [2.24, 2.45) is 11.7 Å². The number of benzene rings is 1. The second kappa shape index (κ2) is 11.7. The van der Waals surface area contributed by atoms with Gasteiger partial charge in [-0.25, -0.2) is 4.79 Å². The first-order chi connectivity index (χ1) is 14.8. The third-order valence-electron chi connectivity index (χ3n) is 4.82. The molecule has 9 heteroatoms. The topological polar surface area (TPSA) is 128 Å². The maximum absolute atomic E-state index is 13.2. The fourth-order valence-corrected chi connectivity index (χ4v) is 2.95. The Morgan fingerprint density at radius 2 is 1.77 bits per heavy atom. The number of hydrogen-bond donors (Lipinski definition) is 3. The molecule has 1 aromatic carbocycles. The van der Waals surface area contributed by atoms with Crippen LogP contribution in [0.3, 0.4) is 0 Å². The molecular formula is C22H32ClN3O5. The summed E-state index contributed by atoms with van der Waals surface area (Å²) in [5, 5.41) is 3.68. The van der Waals surface area contributed by atoms with Crippen molar-refractivity contribution in [2.45, 2.75) is 65.0 Å². The average Bonchev–Trinajstić information content (AvgIpc) is 2.70. The highest BCUT2D eigenvalue weighted by atomic mass is 35.5. The van der Waals surface area contributed by atoms with Gasteiger partial charge in [-0.15, -0.1) is 0 Å². The molecule has 1 aromatic rings.